The van der Waals surface area contributed by atoms with Gasteiger partial charge in [0.1, 0.15) is 17.7 Å². The molecular formula is C24H33N3O4. The molecule has 0 fully saturated rings. The largest absolute Gasteiger partial charge is 0.444 e. The smallest absolute Gasteiger partial charge is 0.408 e. The van der Waals surface area contributed by atoms with Crippen molar-refractivity contribution in [3.8, 4) is 12.5 Å². The van der Waals surface area contributed by atoms with Gasteiger partial charge in [-0.15, -0.1) is 0 Å². The molecule has 31 heavy (non-hydrogen) atoms. The molecule has 7 heteroatoms. The molecule has 7 nitrogen and oxygen atoms in total. The molecule has 0 aliphatic heterocycles. The van der Waals surface area contributed by atoms with Crippen LogP contribution in [0.1, 0.15) is 64.6 Å². The lowest BCUT2D eigenvalue weighted by molar-refractivity contribution is -0.138. The summed E-state index contributed by atoms with van der Waals surface area (Å²) in [5.74, 6) is -1.00. The topological polar surface area (TPSA) is 87.7 Å². The number of hydrogen-bond donors (Lipinski definition) is 2. The number of amides is 3. The summed E-state index contributed by atoms with van der Waals surface area (Å²) in [6.07, 6.45) is 8.26. The van der Waals surface area contributed by atoms with E-state index in [1.165, 1.54) is 6.92 Å². The van der Waals surface area contributed by atoms with Crippen LogP contribution in [0.25, 0.3) is 6.08 Å². The van der Waals surface area contributed by atoms with E-state index in [1.54, 1.807) is 45.0 Å². The number of benzene rings is 1. The molecule has 0 aliphatic rings. The lowest BCUT2D eigenvalue weighted by Gasteiger charge is -2.29. The average molecular weight is 428 g/mol. The van der Waals surface area contributed by atoms with Crippen LogP contribution in [0, 0.1) is 12.5 Å². The van der Waals surface area contributed by atoms with Crippen molar-refractivity contribution < 1.29 is 19.1 Å². The zero-order valence-corrected chi connectivity index (χ0v) is 19.0. The van der Waals surface area contributed by atoms with Gasteiger partial charge in [-0.1, -0.05) is 50.6 Å². The van der Waals surface area contributed by atoms with E-state index in [1.807, 2.05) is 13.0 Å². The molecular weight excluding hydrogens is 394 g/mol. The van der Waals surface area contributed by atoms with Crippen molar-refractivity contribution in [3.63, 3.8) is 0 Å². The van der Waals surface area contributed by atoms with Gasteiger partial charge in [0, 0.05) is 12.6 Å². The Bertz CT molecular complexity index is 836. The second-order valence-corrected chi connectivity index (χ2v) is 8.13. The van der Waals surface area contributed by atoms with Crippen molar-refractivity contribution >= 4 is 24.0 Å². The summed E-state index contributed by atoms with van der Waals surface area (Å²) >= 11 is 0. The van der Waals surface area contributed by atoms with Crippen LogP contribution in [0.2, 0.25) is 0 Å². The summed E-state index contributed by atoms with van der Waals surface area (Å²) in [4.78, 5) is 39.2. The Labute approximate surface area is 185 Å². The number of nitrogens with zero attached hydrogens (tertiary/aromatic N) is 1. The zero-order chi connectivity index (χ0) is 23.6. The number of carbonyl (C=O) groups excluding carboxylic acids is 3. The second-order valence-electron chi connectivity index (χ2n) is 8.13. The lowest BCUT2D eigenvalue weighted by atomic mass is 10.0. The minimum Gasteiger partial charge on any atom is -0.444 e. The maximum atomic E-state index is 13.1. The summed E-state index contributed by atoms with van der Waals surface area (Å²) in [5, 5.41) is 5.31. The summed E-state index contributed by atoms with van der Waals surface area (Å²) in [6, 6.07) is 7.33. The van der Waals surface area contributed by atoms with E-state index < -0.39 is 35.6 Å². The van der Waals surface area contributed by atoms with E-state index in [0.29, 0.717) is 12.1 Å². The summed E-state index contributed by atoms with van der Waals surface area (Å²) in [6.45, 7) is 12.9. The molecule has 0 bridgehead atoms. The fraction of sp³-hybridized carbons (Fsp3) is 0.458. The van der Waals surface area contributed by atoms with Gasteiger partial charge in [0.15, 0.2) is 0 Å². The maximum Gasteiger partial charge on any atom is 0.408 e. The molecule has 0 aromatic heterocycles. The Hall–Kier alpha value is -3.27. The van der Waals surface area contributed by atoms with Crippen LogP contribution in [0.5, 0.6) is 0 Å². The summed E-state index contributed by atoms with van der Waals surface area (Å²) in [5.41, 5.74) is 0.612. The Morgan fingerprint density at radius 3 is 2.55 bits per heavy atom. The Balaban J connectivity index is 3.18. The molecule has 0 aliphatic carbocycles. The van der Waals surface area contributed by atoms with Crippen molar-refractivity contribution in [1.29, 1.82) is 0 Å². The first-order valence-corrected chi connectivity index (χ1v) is 10.3. The predicted octanol–water partition coefficient (Wildman–Crippen LogP) is 3.62. The molecule has 0 radical (unpaired) electrons. The van der Waals surface area contributed by atoms with Crippen LogP contribution >= 0.6 is 0 Å². The first-order chi connectivity index (χ1) is 14.5. The predicted molar refractivity (Wildman–Crippen MR) is 122 cm³/mol. The van der Waals surface area contributed by atoms with E-state index >= 15 is 0 Å². The second kappa shape index (κ2) is 11.8. The van der Waals surface area contributed by atoms with Gasteiger partial charge in [-0.3, -0.25) is 14.5 Å². The van der Waals surface area contributed by atoms with Crippen molar-refractivity contribution in [2.75, 3.05) is 6.54 Å². The summed E-state index contributed by atoms with van der Waals surface area (Å²) in [7, 11) is 0. The van der Waals surface area contributed by atoms with E-state index in [9.17, 15) is 14.4 Å². The first-order valence-electron chi connectivity index (χ1n) is 10.3. The fourth-order valence-electron chi connectivity index (χ4n) is 2.78. The maximum absolute atomic E-state index is 13.1. The molecule has 0 spiro atoms. The monoisotopic (exact) mass is 427 g/mol. The van der Waals surface area contributed by atoms with Gasteiger partial charge in [-0.25, -0.2) is 4.79 Å². The molecule has 168 valence electrons. The number of unbranched alkanes of at least 4 members (excludes halogenated alkanes) is 1. The van der Waals surface area contributed by atoms with Crippen molar-refractivity contribution in [1.82, 2.24) is 15.5 Å². The van der Waals surface area contributed by atoms with Crippen molar-refractivity contribution in [2.45, 2.75) is 65.1 Å². The summed E-state index contributed by atoms with van der Waals surface area (Å²) < 4.78 is 5.20. The SMILES string of the molecule is C#CN(C(=O)C(C)NC(=O)OC(C)(C)C)C(C(=O)NCCCC)c1cccc(C=C)c1. The van der Waals surface area contributed by atoms with Gasteiger partial charge in [-0.2, -0.15) is 0 Å². The average Bonchev–Trinajstić information content (AvgIpc) is 2.69. The highest BCUT2D eigenvalue weighted by Gasteiger charge is 2.34. The molecule has 0 saturated carbocycles. The third-order valence-electron chi connectivity index (χ3n) is 4.28. The minimum absolute atomic E-state index is 0.398. The van der Waals surface area contributed by atoms with Crippen LogP contribution in [0.15, 0.2) is 30.8 Å². The van der Waals surface area contributed by atoms with Crippen molar-refractivity contribution in [2.24, 2.45) is 0 Å². The third kappa shape index (κ3) is 8.17. The van der Waals surface area contributed by atoms with Crippen molar-refractivity contribution in [3.05, 3.63) is 42.0 Å². The van der Waals surface area contributed by atoms with Gasteiger partial charge in [0.25, 0.3) is 5.91 Å². The van der Waals surface area contributed by atoms with Gasteiger partial charge in [-0.05, 0) is 51.3 Å². The Morgan fingerprint density at radius 1 is 1.32 bits per heavy atom. The highest BCUT2D eigenvalue weighted by Crippen LogP contribution is 2.23. The first kappa shape index (κ1) is 25.8. The number of ether oxygens (including phenoxy) is 1. The molecule has 1 aromatic rings. The number of alkyl carbamates (subject to hydrolysis) is 1. The van der Waals surface area contributed by atoms with Gasteiger partial charge >= 0.3 is 6.09 Å². The highest BCUT2D eigenvalue weighted by molar-refractivity contribution is 5.93. The molecule has 2 N–H and O–H groups in total. The van der Waals surface area contributed by atoms with E-state index in [2.05, 4.69) is 23.3 Å². The van der Waals surface area contributed by atoms with E-state index in [4.69, 9.17) is 11.2 Å². The molecule has 0 saturated heterocycles. The Morgan fingerprint density at radius 2 is 2.00 bits per heavy atom. The number of rotatable bonds is 9. The van der Waals surface area contributed by atoms with Crippen LogP contribution in [0.3, 0.4) is 0 Å². The van der Waals surface area contributed by atoms with Gasteiger partial charge in [0.05, 0.1) is 0 Å². The molecule has 3 amide bonds. The normalized spacial score (nSPS) is 12.6. The van der Waals surface area contributed by atoms with Gasteiger partial charge in [0.2, 0.25) is 5.91 Å². The highest BCUT2D eigenvalue weighted by atomic mass is 16.6. The number of terminal acetylenes is 1. The third-order valence-corrected chi connectivity index (χ3v) is 4.28. The van der Waals surface area contributed by atoms with E-state index in [0.717, 1.165) is 23.3 Å². The number of hydrogen-bond acceptors (Lipinski definition) is 4. The molecule has 2 unspecified atom stereocenters. The molecule has 1 rings (SSSR count). The minimum atomic E-state index is -1.06. The number of nitrogens with one attached hydrogen (secondary N) is 2. The van der Waals surface area contributed by atoms with Crippen LogP contribution in [0.4, 0.5) is 4.79 Å². The Kier molecular flexibility index (Phi) is 9.81. The molecule has 2 atom stereocenters. The van der Waals surface area contributed by atoms with Crippen LogP contribution < -0.4 is 10.6 Å². The molecule has 1 aromatic carbocycles. The standard InChI is InChI=1S/C24H33N3O4/c1-8-11-15-25-21(28)20(19-14-12-13-18(9-2)16-19)27(10-3)22(29)17(4)26-23(30)31-24(5,6)7/h3,9,12-14,16-17,20H,2,8,11,15H2,1,4-7H3,(H,25,28)(H,26,30). The fourth-order valence-corrected chi connectivity index (χ4v) is 2.78. The van der Waals surface area contributed by atoms with Crippen LogP contribution in [-0.2, 0) is 14.3 Å². The number of carbonyl (C=O) groups is 3. The zero-order valence-electron chi connectivity index (χ0n) is 19.0. The quantitative estimate of drug-likeness (QED) is 0.358. The van der Waals surface area contributed by atoms with Gasteiger partial charge < -0.3 is 15.4 Å². The van der Waals surface area contributed by atoms with E-state index in [-0.39, 0.29) is 0 Å². The molecule has 0 heterocycles. The lowest BCUT2D eigenvalue weighted by Crippen LogP contribution is -2.50. The van der Waals surface area contributed by atoms with Crippen LogP contribution in [-0.4, -0.2) is 41.0 Å².